The van der Waals surface area contributed by atoms with E-state index in [0.717, 1.165) is 35.2 Å². The average molecular weight is 433 g/mol. The lowest BCUT2D eigenvalue weighted by atomic mass is 10.00. The Hall–Kier alpha value is -3.48. The van der Waals surface area contributed by atoms with E-state index in [0.29, 0.717) is 31.7 Å². The van der Waals surface area contributed by atoms with Crippen molar-refractivity contribution in [1.29, 1.82) is 0 Å². The minimum atomic E-state index is -0.499. The predicted molar refractivity (Wildman–Crippen MR) is 121 cm³/mol. The van der Waals surface area contributed by atoms with Crippen molar-refractivity contribution < 1.29 is 14.1 Å². The number of carbonyl (C=O) groups excluding carboxylic acids is 2. The SMILES string of the molecule is Cc1ccc(C)c(-c2cc(C(=O)N3CCCCC3C(=O)NCCc3ccccn3)no2)c1. The minimum Gasteiger partial charge on any atom is -0.355 e. The Bertz CT molecular complexity index is 1090. The van der Waals surface area contributed by atoms with E-state index in [1.807, 2.05) is 50.2 Å². The molecule has 32 heavy (non-hydrogen) atoms. The molecule has 3 aromatic rings. The Labute approximate surface area is 187 Å². The fraction of sp³-hybridized carbons (Fsp3) is 0.360. The number of rotatable bonds is 6. The summed E-state index contributed by atoms with van der Waals surface area (Å²) in [5.74, 6) is 0.157. The van der Waals surface area contributed by atoms with Gasteiger partial charge in [-0.2, -0.15) is 0 Å². The molecule has 1 aliphatic heterocycles. The molecule has 2 aromatic heterocycles. The Morgan fingerprint density at radius 2 is 2.03 bits per heavy atom. The van der Waals surface area contributed by atoms with Crippen LogP contribution in [0.15, 0.2) is 53.2 Å². The van der Waals surface area contributed by atoms with Gasteiger partial charge in [-0.15, -0.1) is 0 Å². The maximum absolute atomic E-state index is 13.2. The van der Waals surface area contributed by atoms with Crippen LogP contribution in [0.5, 0.6) is 0 Å². The van der Waals surface area contributed by atoms with Crippen molar-refractivity contribution in [2.75, 3.05) is 13.1 Å². The molecule has 0 radical (unpaired) electrons. The summed E-state index contributed by atoms with van der Waals surface area (Å²) in [5, 5.41) is 6.99. The average Bonchev–Trinajstić information content (AvgIpc) is 3.31. The summed E-state index contributed by atoms with van der Waals surface area (Å²) in [6.45, 7) is 5.02. The number of likely N-dealkylation sites (tertiary alicyclic amines) is 1. The highest BCUT2D eigenvalue weighted by atomic mass is 16.5. The Morgan fingerprint density at radius 3 is 2.84 bits per heavy atom. The third kappa shape index (κ3) is 4.88. The number of hydrogen-bond donors (Lipinski definition) is 1. The standard InChI is InChI=1S/C25H28N4O3/c1-17-9-10-18(2)20(15-17)23-16-21(28-32-23)25(31)29-14-6-4-8-22(29)24(30)27-13-11-19-7-3-5-12-26-19/h3,5,7,9-10,12,15-16,22H,4,6,8,11,13-14H2,1-2H3,(H,27,30). The molecule has 1 aromatic carbocycles. The van der Waals surface area contributed by atoms with Crippen LogP contribution >= 0.6 is 0 Å². The Kier molecular flexibility index (Phi) is 6.63. The molecule has 1 aliphatic rings. The fourth-order valence-electron chi connectivity index (χ4n) is 4.08. The smallest absolute Gasteiger partial charge is 0.276 e. The number of benzene rings is 1. The van der Waals surface area contributed by atoms with Gasteiger partial charge < -0.3 is 14.7 Å². The van der Waals surface area contributed by atoms with Crippen molar-refractivity contribution in [2.24, 2.45) is 0 Å². The highest BCUT2D eigenvalue weighted by Crippen LogP contribution is 2.27. The van der Waals surface area contributed by atoms with Gasteiger partial charge in [0.1, 0.15) is 6.04 Å². The number of aromatic nitrogens is 2. The molecule has 1 unspecified atom stereocenters. The molecule has 2 amide bonds. The molecule has 4 rings (SSSR count). The molecule has 0 aliphatic carbocycles. The number of nitrogens with zero attached hydrogens (tertiary/aromatic N) is 3. The maximum atomic E-state index is 13.2. The molecule has 0 spiro atoms. The Morgan fingerprint density at radius 1 is 1.16 bits per heavy atom. The largest absolute Gasteiger partial charge is 0.355 e. The summed E-state index contributed by atoms with van der Waals surface area (Å²) in [6.07, 6.45) is 4.81. The number of piperidine rings is 1. The topological polar surface area (TPSA) is 88.3 Å². The molecule has 0 bridgehead atoms. The highest BCUT2D eigenvalue weighted by molar-refractivity contribution is 5.97. The second kappa shape index (κ2) is 9.77. The van der Waals surface area contributed by atoms with Crippen molar-refractivity contribution in [3.05, 3.63) is 71.2 Å². The van der Waals surface area contributed by atoms with E-state index >= 15 is 0 Å². The summed E-state index contributed by atoms with van der Waals surface area (Å²) in [7, 11) is 0. The van der Waals surface area contributed by atoms with Crippen molar-refractivity contribution in [3.8, 4) is 11.3 Å². The van der Waals surface area contributed by atoms with Gasteiger partial charge in [0, 0.05) is 43.0 Å². The van der Waals surface area contributed by atoms with Crippen molar-refractivity contribution in [1.82, 2.24) is 20.4 Å². The summed E-state index contributed by atoms with van der Waals surface area (Å²) >= 11 is 0. The van der Waals surface area contributed by atoms with Gasteiger partial charge in [0.25, 0.3) is 5.91 Å². The molecule has 1 fully saturated rings. The molecule has 166 valence electrons. The first-order chi connectivity index (χ1) is 15.5. The summed E-state index contributed by atoms with van der Waals surface area (Å²) in [6, 6.07) is 13.0. The van der Waals surface area contributed by atoms with Crippen LogP contribution in [0.1, 0.15) is 46.6 Å². The van der Waals surface area contributed by atoms with E-state index < -0.39 is 6.04 Å². The highest BCUT2D eigenvalue weighted by Gasteiger charge is 2.34. The van der Waals surface area contributed by atoms with Gasteiger partial charge in [-0.25, -0.2) is 0 Å². The lowest BCUT2D eigenvalue weighted by molar-refractivity contribution is -0.126. The molecule has 7 nitrogen and oxygen atoms in total. The van der Waals surface area contributed by atoms with Crippen molar-refractivity contribution in [2.45, 2.75) is 45.6 Å². The van der Waals surface area contributed by atoms with Crippen LogP contribution in [0.25, 0.3) is 11.3 Å². The first-order valence-corrected chi connectivity index (χ1v) is 11.1. The second-order valence-corrected chi connectivity index (χ2v) is 8.27. The summed E-state index contributed by atoms with van der Waals surface area (Å²) in [5.41, 5.74) is 4.22. The van der Waals surface area contributed by atoms with Crippen LogP contribution in [0.2, 0.25) is 0 Å². The predicted octanol–water partition coefficient (Wildman–Crippen LogP) is 3.71. The van der Waals surface area contributed by atoms with E-state index in [9.17, 15) is 9.59 Å². The van der Waals surface area contributed by atoms with Crippen molar-refractivity contribution >= 4 is 11.8 Å². The quantitative estimate of drug-likeness (QED) is 0.642. The van der Waals surface area contributed by atoms with E-state index in [1.54, 1.807) is 17.2 Å². The molecular formula is C25H28N4O3. The van der Waals surface area contributed by atoms with Gasteiger partial charge in [-0.05, 0) is 56.9 Å². The zero-order valence-electron chi connectivity index (χ0n) is 18.5. The van der Waals surface area contributed by atoms with E-state index in [2.05, 4.69) is 15.5 Å². The number of hydrogen-bond acceptors (Lipinski definition) is 5. The van der Waals surface area contributed by atoms with Gasteiger partial charge in [0.2, 0.25) is 5.91 Å². The molecule has 3 heterocycles. The normalized spacial score (nSPS) is 16.1. The Balaban J connectivity index is 1.44. The van der Waals surface area contributed by atoms with Gasteiger partial charge in [0.15, 0.2) is 11.5 Å². The fourth-order valence-corrected chi connectivity index (χ4v) is 4.08. The monoisotopic (exact) mass is 432 g/mol. The van der Waals surface area contributed by atoms with Crippen LogP contribution in [0, 0.1) is 13.8 Å². The number of aryl methyl sites for hydroxylation is 2. The van der Waals surface area contributed by atoms with Crippen molar-refractivity contribution in [3.63, 3.8) is 0 Å². The van der Waals surface area contributed by atoms with E-state index in [1.165, 1.54) is 0 Å². The zero-order chi connectivity index (χ0) is 22.5. The van der Waals surface area contributed by atoms with E-state index in [4.69, 9.17) is 4.52 Å². The van der Waals surface area contributed by atoms with Crippen LogP contribution in [-0.4, -0.2) is 46.0 Å². The lowest BCUT2D eigenvalue weighted by Gasteiger charge is -2.34. The van der Waals surface area contributed by atoms with Gasteiger partial charge in [-0.1, -0.05) is 28.9 Å². The number of carbonyl (C=O) groups is 2. The second-order valence-electron chi connectivity index (χ2n) is 8.27. The van der Waals surface area contributed by atoms with Gasteiger partial charge in [-0.3, -0.25) is 14.6 Å². The third-order valence-electron chi connectivity index (χ3n) is 5.86. The third-order valence-corrected chi connectivity index (χ3v) is 5.86. The number of nitrogens with one attached hydrogen (secondary N) is 1. The molecule has 1 saturated heterocycles. The summed E-state index contributed by atoms with van der Waals surface area (Å²) in [4.78, 5) is 32.0. The summed E-state index contributed by atoms with van der Waals surface area (Å²) < 4.78 is 5.50. The lowest BCUT2D eigenvalue weighted by Crippen LogP contribution is -2.52. The molecular weight excluding hydrogens is 404 g/mol. The molecule has 1 N–H and O–H groups in total. The van der Waals surface area contributed by atoms with Crippen LogP contribution < -0.4 is 5.32 Å². The number of pyridine rings is 1. The van der Waals surface area contributed by atoms with Gasteiger partial charge in [0.05, 0.1) is 0 Å². The minimum absolute atomic E-state index is 0.132. The van der Waals surface area contributed by atoms with Crippen LogP contribution in [-0.2, 0) is 11.2 Å². The zero-order valence-corrected chi connectivity index (χ0v) is 18.5. The first kappa shape index (κ1) is 21.7. The van der Waals surface area contributed by atoms with Crippen LogP contribution in [0.4, 0.5) is 0 Å². The molecule has 7 heteroatoms. The van der Waals surface area contributed by atoms with Crippen LogP contribution in [0.3, 0.4) is 0 Å². The molecule has 0 saturated carbocycles. The van der Waals surface area contributed by atoms with Gasteiger partial charge >= 0.3 is 0 Å². The van der Waals surface area contributed by atoms with E-state index in [-0.39, 0.29) is 17.5 Å². The molecule has 1 atom stereocenters. The number of amides is 2. The maximum Gasteiger partial charge on any atom is 0.276 e. The first-order valence-electron chi connectivity index (χ1n) is 11.1.